The number of nitro benzene ring substituents is 1. The number of rotatable bonds is 7. The van der Waals surface area contributed by atoms with Crippen molar-refractivity contribution in [3.8, 4) is 11.5 Å². The number of hydrogen-bond donors (Lipinski definition) is 0. The Hall–Kier alpha value is -3.88. The summed E-state index contributed by atoms with van der Waals surface area (Å²) in [5, 5.41) is 12.2. The molecule has 0 saturated heterocycles. The van der Waals surface area contributed by atoms with Crippen molar-refractivity contribution in [1.29, 1.82) is 0 Å². The average molecular weight is 536 g/mol. The van der Waals surface area contributed by atoms with Crippen LogP contribution in [0.15, 0.2) is 71.5 Å². The van der Waals surface area contributed by atoms with E-state index in [1.54, 1.807) is 17.0 Å². The number of fused-ring (bicyclic) bond motifs is 2. The van der Waals surface area contributed by atoms with Gasteiger partial charge in [-0.1, -0.05) is 32.0 Å². The summed E-state index contributed by atoms with van der Waals surface area (Å²) in [6.07, 6.45) is 0. The second-order valence-electron chi connectivity index (χ2n) is 8.74. The summed E-state index contributed by atoms with van der Waals surface area (Å²) in [5.41, 5.74) is 1.99. The molecule has 0 spiro atoms. The molecule has 0 saturated carbocycles. The van der Waals surface area contributed by atoms with E-state index in [9.17, 15) is 14.9 Å². The predicted octanol–water partition coefficient (Wildman–Crippen LogP) is 6.16. The van der Waals surface area contributed by atoms with Crippen LogP contribution in [0.2, 0.25) is 0 Å². The number of ether oxygens (including phenoxy) is 2. The van der Waals surface area contributed by atoms with Crippen molar-refractivity contribution in [3.63, 3.8) is 0 Å². The molecule has 0 aromatic heterocycles. The van der Waals surface area contributed by atoms with Gasteiger partial charge in [0.05, 0.1) is 27.3 Å². The predicted molar refractivity (Wildman–Crippen MR) is 149 cm³/mol. The van der Waals surface area contributed by atoms with E-state index in [0.29, 0.717) is 50.0 Å². The van der Waals surface area contributed by atoms with E-state index in [2.05, 4.69) is 4.67 Å². The van der Waals surface area contributed by atoms with Crippen molar-refractivity contribution in [2.45, 2.75) is 20.8 Å². The first-order valence-electron chi connectivity index (χ1n) is 12.7. The molecule has 2 aliphatic rings. The molecule has 0 aliphatic carbocycles. The number of nitrogens with zero attached hydrogens (tertiary/aromatic N) is 5. The Morgan fingerprint density at radius 1 is 0.974 bits per heavy atom. The van der Waals surface area contributed by atoms with Crippen molar-refractivity contribution >= 4 is 41.4 Å². The third-order valence-corrected chi connectivity index (χ3v) is 10.5. The van der Waals surface area contributed by atoms with Gasteiger partial charge in [-0.25, -0.2) is 18.9 Å². The molecular weight excluding hydrogens is 505 g/mol. The molecule has 0 bridgehead atoms. The van der Waals surface area contributed by atoms with Gasteiger partial charge in [-0.15, -0.1) is 0 Å². The second kappa shape index (κ2) is 10.5. The van der Waals surface area contributed by atoms with Crippen molar-refractivity contribution in [3.05, 3.63) is 76.8 Å². The molecule has 0 radical (unpaired) electrons. The Kier molecular flexibility index (Phi) is 7.10. The fourth-order valence-electron chi connectivity index (χ4n) is 4.98. The summed E-state index contributed by atoms with van der Waals surface area (Å²) in [7, 11) is -3.04. The maximum atomic E-state index is 14.4. The van der Waals surface area contributed by atoms with Crippen molar-refractivity contribution < 1.29 is 19.2 Å². The quantitative estimate of drug-likeness (QED) is 0.204. The molecule has 2 heterocycles. The van der Waals surface area contributed by atoms with Crippen LogP contribution in [-0.2, 0) is 0 Å². The minimum atomic E-state index is -3.04. The highest BCUT2D eigenvalue weighted by molar-refractivity contribution is 7.74. The number of urea groups is 1. The van der Waals surface area contributed by atoms with Crippen molar-refractivity contribution in [2.24, 2.45) is 4.74 Å². The zero-order valence-electron chi connectivity index (χ0n) is 21.6. The lowest BCUT2D eigenvalue weighted by molar-refractivity contribution is -0.384. The number of amides is 2. The van der Waals surface area contributed by atoms with E-state index in [-0.39, 0.29) is 11.7 Å². The number of carbonyl (C=O) groups is 1. The normalized spacial score (nSPS) is 18.4. The van der Waals surface area contributed by atoms with Crippen LogP contribution in [0.3, 0.4) is 0 Å². The summed E-state index contributed by atoms with van der Waals surface area (Å²) in [6, 6.07) is 19.4. The minimum Gasteiger partial charge on any atom is -0.486 e. The molecule has 1 atom stereocenters. The molecule has 10 nitrogen and oxygen atoms in total. The topological polar surface area (TPSA) is 101 Å². The molecule has 3 aromatic carbocycles. The monoisotopic (exact) mass is 535 g/mol. The van der Waals surface area contributed by atoms with E-state index in [1.807, 2.05) is 67.9 Å². The first-order chi connectivity index (χ1) is 18.4. The maximum absolute atomic E-state index is 14.4. The number of non-ortho nitro benzene ring substituents is 1. The molecular formula is C27H30N5O5P. The Morgan fingerprint density at radius 2 is 1.61 bits per heavy atom. The highest BCUT2D eigenvalue weighted by Crippen LogP contribution is 2.63. The Balaban J connectivity index is 1.90. The summed E-state index contributed by atoms with van der Waals surface area (Å²) in [4.78, 5) is 27.0. The van der Waals surface area contributed by atoms with Gasteiger partial charge in [-0.2, -0.15) is 0 Å². The first-order valence-corrected chi connectivity index (χ1v) is 14.3. The van der Waals surface area contributed by atoms with E-state index in [4.69, 9.17) is 14.2 Å². The molecule has 1 unspecified atom stereocenters. The molecule has 3 aromatic rings. The molecule has 38 heavy (non-hydrogen) atoms. The van der Waals surface area contributed by atoms with Gasteiger partial charge in [0.2, 0.25) is 0 Å². The molecule has 2 amide bonds. The van der Waals surface area contributed by atoms with Crippen LogP contribution in [0.25, 0.3) is 0 Å². The Labute approximate surface area is 221 Å². The standard InChI is InChI=1S/C27H30N5O5P/c1-4-29(5-2)38(28-20-12-14-22(15-13-20)32(34)35)26-19-25-24(36-16-17-37-25)18-23(26)30(6-3)27(33)31(38)21-10-8-7-9-11-21/h7-15,18-19H,4-6,16-17H2,1-3H3. The number of benzene rings is 3. The van der Waals surface area contributed by atoms with Crippen LogP contribution in [-0.4, -0.2) is 48.5 Å². The zero-order chi connectivity index (χ0) is 26.9. The highest BCUT2D eigenvalue weighted by Gasteiger charge is 2.48. The van der Waals surface area contributed by atoms with E-state index in [1.165, 1.54) is 12.1 Å². The fourth-order valence-corrected chi connectivity index (χ4v) is 8.90. The maximum Gasteiger partial charge on any atom is 0.334 e. The van der Waals surface area contributed by atoms with Crippen LogP contribution in [0, 0.1) is 10.1 Å². The van der Waals surface area contributed by atoms with Gasteiger partial charge in [0.25, 0.3) is 5.69 Å². The molecule has 5 rings (SSSR count). The van der Waals surface area contributed by atoms with Crippen LogP contribution in [0.4, 0.5) is 27.5 Å². The lowest BCUT2D eigenvalue weighted by atomic mass is 10.2. The third-order valence-electron chi connectivity index (χ3n) is 6.70. The summed E-state index contributed by atoms with van der Waals surface area (Å²) >= 11 is 0. The van der Waals surface area contributed by atoms with E-state index >= 15 is 0 Å². The lowest BCUT2D eigenvalue weighted by Gasteiger charge is -2.49. The van der Waals surface area contributed by atoms with E-state index < -0.39 is 12.3 Å². The lowest BCUT2D eigenvalue weighted by Crippen LogP contribution is -2.53. The van der Waals surface area contributed by atoms with Gasteiger partial charge in [0.15, 0.2) is 18.9 Å². The van der Waals surface area contributed by atoms with Gasteiger partial charge >= 0.3 is 6.03 Å². The Morgan fingerprint density at radius 3 is 2.18 bits per heavy atom. The average Bonchev–Trinajstić information content (AvgIpc) is 2.94. The van der Waals surface area contributed by atoms with Crippen LogP contribution < -0.4 is 24.3 Å². The molecule has 0 N–H and O–H groups in total. The van der Waals surface area contributed by atoms with Crippen LogP contribution in [0.1, 0.15) is 20.8 Å². The smallest absolute Gasteiger partial charge is 0.334 e. The fraction of sp³-hybridized carbons (Fsp3) is 0.296. The first kappa shape index (κ1) is 25.8. The minimum absolute atomic E-state index is 0.0176. The Bertz CT molecular complexity index is 1410. The third kappa shape index (κ3) is 4.19. The van der Waals surface area contributed by atoms with Gasteiger partial charge in [0, 0.05) is 37.8 Å². The summed E-state index contributed by atoms with van der Waals surface area (Å²) in [6.45, 7) is 8.60. The number of hydrogen-bond acceptors (Lipinski definition) is 6. The van der Waals surface area contributed by atoms with Gasteiger partial charge < -0.3 is 9.47 Å². The number of anilines is 2. The van der Waals surface area contributed by atoms with Crippen LogP contribution in [0.5, 0.6) is 11.5 Å². The molecule has 0 fully saturated rings. The second-order valence-corrected chi connectivity index (χ2v) is 11.5. The highest BCUT2D eigenvalue weighted by atomic mass is 31.2. The number of carbonyl (C=O) groups excluding carboxylic acids is 1. The van der Waals surface area contributed by atoms with Gasteiger partial charge in [-0.05, 0) is 37.3 Å². The number of para-hydroxylation sites is 1. The van der Waals surface area contributed by atoms with Crippen molar-refractivity contribution in [1.82, 2.24) is 4.67 Å². The zero-order valence-corrected chi connectivity index (χ0v) is 22.5. The largest absolute Gasteiger partial charge is 0.486 e. The van der Waals surface area contributed by atoms with Gasteiger partial charge in [-0.3, -0.25) is 15.0 Å². The molecule has 2 aliphatic heterocycles. The number of nitro groups is 1. The van der Waals surface area contributed by atoms with Crippen molar-refractivity contribution in [2.75, 3.05) is 42.4 Å². The molecule has 11 heteroatoms. The van der Waals surface area contributed by atoms with Gasteiger partial charge in [0.1, 0.15) is 13.2 Å². The van der Waals surface area contributed by atoms with Crippen LogP contribution >= 0.6 is 7.36 Å². The molecule has 198 valence electrons. The van der Waals surface area contributed by atoms with E-state index in [0.717, 1.165) is 16.7 Å². The SMILES string of the molecule is CCN1C(=O)N(c2ccccc2)P(=Nc2ccc([N+](=O)[O-])cc2)(N(CC)CC)c2cc3c(cc21)OCCO3. The summed E-state index contributed by atoms with van der Waals surface area (Å²) in [5.74, 6) is 1.21. The summed E-state index contributed by atoms with van der Waals surface area (Å²) < 4.78 is 21.3.